The van der Waals surface area contributed by atoms with Crippen LogP contribution in [-0.2, 0) is 14.3 Å². The van der Waals surface area contributed by atoms with Crippen LogP contribution in [0.1, 0.15) is 56.5 Å². The Morgan fingerprint density at radius 1 is 1.12 bits per heavy atom. The molecule has 6 heteroatoms. The fourth-order valence-electron chi connectivity index (χ4n) is 2.00. The van der Waals surface area contributed by atoms with Crippen molar-refractivity contribution in [2.24, 2.45) is 0 Å². The molecule has 1 rings (SSSR count). The maximum absolute atomic E-state index is 12.2. The van der Waals surface area contributed by atoms with Gasteiger partial charge in [0, 0.05) is 18.5 Å². The first-order valence-corrected chi connectivity index (χ1v) is 8.35. The van der Waals surface area contributed by atoms with Crippen LogP contribution in [0.2, 0.25) is 0 Å². The van der Waals surface area contributed by atoms with E-state index in [1.165, 1.54) is 0 Å². The van der Waals surface area contributed by atoms with E-state index in [-0.39, 0.29) is 12.2 Å². The Hall–Kier alpha value is -2.37. The van der Waals surface area contributed by atoms with Crippen molar-refractivity contribution < 1.29 is 23.9 Å². The molecular weight excluding hydrogens is 322 g/mol. The second-order valence-electron chi connectivity index (χ2n) is 6.89. The number of esters is 1. The maximum atomic E-state index is 12.2. The topological polar surface area (TPSA) is 81.7 Å². The van der Waals surface area contributed by atoms with Crippen LogP contribution in [0.3, 0.4) is 0 Å². The van der Waals surface area contributed by atoms with Crippen LogP contribution in [0.15, 0.2) is 24.3 Å². The average molecular weight is 349 g/mol. The summed E-state index contributed by atoms with van der Waals surface area (Å²) in [6.45, 7) is 9.11. The second-order valence-corrected chi connectivity index (χ2v) is 6.89. The molecule has 0 aliphatic rings. The van der Waals surface area contributed by atoms with Gasteiger partial charge in [0.2, 0.25) is 5.78 Å². The van der Waals surface area contributed by atoms with Gasteiger partial charge in [0.05, 0.1) is 0 Å². The van der Waals surface area contributed by atoms with Crippen LogP contribution in [0.25, 0.3) is 0 Å². The first-order valence-electron chi connectivity index (χ1n) is 8.35. The molecule has 1 amide bonds. The zero-order chi connectivity index (χ0) is 19.0. The van der Waals surface area contributed by atoms with Crippen molar-refractivity contribution in [3.63, 3.8) is 0 Å². The van der Waals surface area contributed by atoms with Crippen molar-refractivity contribution in [3.05, 3.63) is 35.4 Å². The molecule has 1 aromatic carbocycles. The minimum atomic E-state index is -0.839. The highest BCUT2D eigenvalue weighted by Gasteiger charge is 2.19. The van der Waals surface area contributed by atoms with E-state index in [1.807, 2.05) is 19.1 Å². The van der Waals surface area contributed by atoms with Gasteiger partial charge >= 0.3 is 12.1 Å². The molecule has 0 spiro atoms. The number of nitrogens with one attached hydrogen (secondary N) is 1. The molecule has 0 bridgehead atoms. The molecule has 1 N–H and O–H groups in total. The van der Waals surface area contributed by atoms with Gasteiger partial charge in [-0.15, -0.1) is 0 Å². The van der Waals surface area contributed by atoms with Crippen LogP contribution >= 0.6 is 0 Å². The predicted octanol–water partition coefficient (Wildman–Crippen LogP) is 3.41. The first-order chi connectivity index (χ1) is 11.6. The zero-order valence-corrected chi connectivity index (χ0v) is 15.5. The van der Waals surface area contributed by atoms with Gasteiger partial charge < -0.3 is 14.8 Å². The van der Waals surface area contributed by atoms with Crippen LogP contribution in [0.5, 0.6) is 0 Å². The monoisotopic (exact) mass is 349 g/mol. The summed E-state index contributed by atoms with van der Waals surface area (Å²) in [4.78, 5) is 35.4. The molecule has 0 fully saturated rings. The molecular formula is C19H27NO5. The zero-order valence-electron chi connectivity index (χ0n) is 15.5. The van der Waals surface area contributed by atoms with E-state index in [4.69, 9.17) is 9.47 Å². The third kappa shape index (κ3) is 8.33. The second kappa shape index (κ2) is 9.20. The predicted molar refractivity (Wildman–Crippen MR) is 94.5 cm³/mol. The van der Waals surface area contributed by atoms with Crippen molar-refractivity contribution in [1.82, 2.24) is 5.32 Å². The molecule has 25 heavy (non-hydrogen) atoms. The number of alkyl carbamates (subject to hydrolysis) is 1. The molecule has 138 valence electrons. The summed E-state index contributed by atoms with van der Waals surface area (Å²) in [5.41, 5.74) is 1.01. The highest BCUT2D eigenvalue weighted by Crippen LogP contribution is 2.10. The van der Waals surface area contributed by atoms with Gasteiger partial charge in [0.1, 0.15) is 5.60 Å². The largest absolute Gasteiger partial charge is 0.454 e. The number of hydrogen-bond donors (Lipinski definition) is 1. The van der Waals surface area contributed by atoms with Gasteiger partial charge in [-0.3, -0.25) is 9.59 Å². The van der Waals surface area contributed by atoms with Gasteiger partial charge in [0.25, 0.3) is 0 Å². The van der Waals surface area contributed by atoms with Gasteiger partial charge in [-0.05, 0) is 41.0 Å². The lowest BCUT2D eigenvalue weighted by molar-refractivity contribution is -0.146. The number of hydrogen-bond acceptors (Lipinski definition) is 5. The minimum Gasteiger partial charge on any atom is -0.454 e. The summed E-state index contributed by atoms with van der Waals surface area (Å²) >= 11 is 0. The summed E-state index contributed by atoms with van der Waals surface area (Å²) in [5.74, 6) is -0.709. The van der Waals surface area contributed by atoms with Crippen LogP contribution in [0.4, 0.5) is 4.79 Å². The summed E-state index contributed by atoms with van der Waals surface area (Å²) in [5, 5.41) is 2.57. The van der Waals surface area contributed by atoms with E-state index in [0.29, 0.717) is 18.5 Å². The number of carbonyl (C=O) groups is 3. The standard InChI is InChI=1S/C19H27NO5/c1-13-8-10-15(11-9-13)17(22)14(2)24-16(21)7-6-12-20-18(23)25-19(3,4)5/h8-11,14H,6-7,12H2,1-5H3,(H,20,23)/t14-/m1/s1. The molecule has 0 saturated heterocycles. The molecule has 1 atom stereocenters. The minimum absolute atomic E-state index is 0.112. The number of benzene rings is 1. The number of carbonyl (C=O) groups excluding carboxylic acids is 3. The molecule has 0 radical (unpaired) electrons. The smallest absolute Gasteiger partial charge is 0.407 e. The summed E-state index contributed by atoms with van der Waals surface area (Å²) < 4.78 is 10.2. The van der Waals surface area contributed by atoms with Crippen molar-refractivity contribution in [1.29, 1.82) is 0 Å². The van der Waals surface area contributed by atoms with E-state index >= 15 is 0 Å². The lowest BCUT2D eigenvalue weighted by atomic mass is 10.1. The van der Waals surface area contributed by atoms with Crippen LogP contribution in [-0.4, -0.2) is 36.1 Å². The Labute approximate surface area is 148 Å². The molecule has 0 aromatic heterocycles. The van der Waals surface area contributed by atoms with Crippen molar-refractivity contribution in [2.75, 3.05) is 6.54 Å². The normalized spacial score (nSPS) is 12.2. The Morgan fingerprint density at radius 2 is 1.72 bits per heavy atom. The molecule has 1 aromatic rings. The van der Waals surface area contributed by atoms with E-state index in [2.05, 4.69) is 5.32 Å². The number of rotatable bonds is 7. The Morgan fingerprint density at radius 3 is 2.28 bits per heavy atom. The first kappa shape index (κ1) is 20.7. The van der Waals surface area contributed by atoms with Crippen molar-refractivity contribution in [3.8, 4) is 0 Å². The summed E-state index contributed by atoms with van der Waals surface area (Å²) in [6.07, 6.45) is -0.844. The highest BCUT2D eigenvalue weighted by molar-refractivity contribution is 6.00. The molecule has 0 aliphatic heterocycles. The Balaban J connectivity index is 2.30. The van der Waals surface area contributed by atoms with E-state index in [0.717, 1.165) is 5.56 Å². The lowest BCUT2D eigenvalue weighted by Crippen LogP contribution is -2.33. The summed E-state index contributed by atoms with van der Waals surface area (Å²) in [7, 11) is 0. The van der Waals surface area contributed by atoms with E-state index in [1.54, 1.807) is 39.8 Å². The Kier molecular flexibility index (Phi) is 7.61. The van der Waals surface area contributed by atoms with Crippen molar-refractivity contribution in [2.45, 2.75) is 59.2 Å². The fourth-order valence-corrected chi connectivity index (χ4v) is 2.00. The molecule has 0 unspecified atom stereocenters. The maximum Gasteiger partial charge on any atom is 0.407 e. The van der Waals surface area contributed by atoms with Gasteiger partial charge in [-0.1, -0.05) is 29.8 Å². The fraction of sp³-hybridized carbons (Fsp3) is 0.526. The van der Waals surface area contributed by atoms with Gasteiger partial charge in [-0.25, -0.2) is 4.79 Å². The quantitative estimate of drug-likeness (QED) is 0.463. The molecule has 0 saturated carbocycles. The van der Waals surface area contributed by atoms with Gasteiger partial charge in [-0.2, -0.15) is 0 Å². The third-order valence-electron chi connectivity index (χ3n) is 3.24. The number of amides is 1. The van der Waals surface area contributed by atoms with E-state index < -0.39 is 23.8 Å². The van der Waals surface area contributed by atoms with Crippen LogP contribution in [0, 0.1) is 6.92 Å². The SMILES string of the molecule is Cc1ccc(C(=O)[C@@H](C)OC(=O)CCCNC(=O)OC(C)(C)C)cc1. The summed E-state index contributed by atoms with van der Waals surface area (Å²) in [6, 6.07) is 7.10. The molecule has 0 heterocycles. The highest BCUT2D eigenvalue weighted by atomic mass is 16.6. The molecule has 0 aliphatic carbocycles. The third-order valence-corrected chi connectivity index (χ3v) is 3.24. The number of aryl methyl sites for hydroxylation is 1. The number of Topliss-reactive ketones (excluding diaryl/α,β-unsaturated/α-hetero) is 1. The average Bonchev–Trinajstić information content (AvgIpc) is 2.50. The Bertz CT molecular complexity index is 601. The van der Waals surface area contributed by atoms with Gasteiger partial charge in [0.15, 0.2) is 6.10 Å². The van der Waals surface area contributed by atoms with Crippen molar-refractivity contribution >= 4 is 17.8 Å². The molecule has 6 nitrogen and oxygen atoms in total. The lowest BCUT2D eigenvalue weighted by Gasteiger charge is -2.19. The number of ketones is 1. The van der Waals surface area contributed by atoms with Crippen LogP contribution < -0.4 is 5.32 Å². The van der Waals surface area contributed by atoms with E-state index in [9.17, 15) is 14.4 Å². The number of ether oxygens (including phenoxy) is 2.